The summed E-state index contributed by atoms with van der Waals surface area (Å²) in [6.45, 7) is 5.77. The van der Waals surface area contributed by atoms with E-state index in [9.17, 15) is 4.79 Å². The summed E-state index contributed by atoms with van der Waals surface area (Å²) in [6, 6.07) is 0. The van der Waals surface area contributed by atoms with Crippen LogP contribution in [0.2, 0.25) is 0 Å². The fourth-order valence-corrected chi connectivity index (χ4v) is 2.05. The summed E-state index contributed by atoms with van der Waals surface area (Å²) in [4.78, 5) is 14.1. The van der Waals surface area contributed by atoms with Gasteiger partial charge in [-0.1, -0.05) is 0 Å². The summed E-state index contributed by atoms with van der Waals surface area (Å²) < 4.78 is 5.51. The van der Waals surface area contributed by atoms with Crippen LogP contribution in [-0.4, -0.2) is 46.8 Å². The van der Waals surface area contributed by atoms with Gasteiger partial charge in [0.25, 0.3) is 5.91 Å². The first-order valence-corrected chi connectivity index (χ1v) is 5.81. The molecular formula is C11H18N4O2. The van der Waals surface area contributed by atoms with Crippen LogP contribution < -0.4 is 5.73 Å². The Balaban J connectivity index is 2.19. The Labute approximate surface area is 100 Å². The zero-order valence-electron chi connectivity index (χ0n) is 10.2. The Hall–Kier alpha value is -1.56. The summed E-state index contributed by atoms with van der Waals surface area (Å²) in [7, 11) is 0. The van der Waals surface area contributed by atoms with Crippen LogP contribution in [0.5, 0.6) is 0 Å². The Bertz CT molecular complexity index is 396. The van der Waals surface area contributed by atoms with Crippen LogP contribution in [-0.2, 0) is 4.74 Å². The minimum absolute atomic E-state index is 0.0638. The number of aromatic amines is 1. The maximum Gasteiger partial charge on any atom is 0.259 e. The van der Waals surface area contributed by atoms with Gasteiger partial charge in [0, 0.05) is 25.4 Å². The number of nitrogen functional groups attached to an aromatic ring is 1. The van der Waals surface area contributed by atoms with Crippen molar-refractivity contribution < 1.29 is 9.53 Å². The highest BCUT2D eigenvalue weighted by Crippen LogP contribution is 2.17. The molecule has 6 nitrogen and oxygen atoms in total. The van der Waals surface area contributed by atoms with Crippen LogP contribution in [0.4, 0.5) is 5.82 Å². The lowest BCUT2D eigenvalue weighted by atomic mass is 10.2. The van der Waals surface area contributed by atoms with Crippen LogP contribution in [0.25, 0.3) is 0 Å². The van der Waals surface area contributed by atoms with Crippen LogP contribution in [0, 0.1) is 6.92 Å². The van der Waals surface area contributed by atoms with E-state index in [0.29, 0.717) is 31.0 Å². The van der Waals surface area contributed by atoms with Gasteiger partial charge in [-0.05, 0) is 20.3 Å². The standard InChI is InChI=1S/C11H18N4O2/c1-7-6-15(4-3-5-17-7)11(16)9-8(2)13-14-10(9)12/h7H,3-6H2,1-2H3,(H3,12,13,14). The molecule has 94 valence electrons. The molecule has 1 fully saturated rings. The molecule has 17 heavy (non-hydrogen) atoms. The van der Waals surface area contributed by atoms with E-state index in [1.165, 1.54) is 0 Å². The largest absolute Gasteiger partial charge is 0.382 e. The highest BCUT2D eigenvalue weighted by atomic mass is 16.5. The van der Waals surface area contributed by atoms with E-state index < -0.39 is 0 Å². The average Bonchev–Trinajstić information content (AvgIpc) is 2.51. The summed E-state index contributed by atoms with van der Waals surface area (Å²) in [6.07, 6.45) is 0.919. The molecule has 0 radical (unpaired) electrons. The number of hydrogen-bond donors (Lipinski definition) is 2. The number of aryl methyl sites for hydroxylation is 1. The smallest absolute Gasteiger partial charge is 0.259 e. The first-order chi connectivity index (χ1) is 8.09. The normalized spacial score (nSPS) is 21.3. The van der Waals surface area contributed by atoms with E-state index in [0.717, 1.165) is 6.42 Å². The third kappa shape index (κ3) is 2.41. The van der Waals surface area contributed by atoms with Crippen molar-refractivity contribution >= 4 is 11.7 Å². The third-order valence-electron chi connectivity index (χ3n) is 2.93. The highest BCUT2D eigenvalue weighted by Gasteiger charge is 2.25. The maximum atomic E-state index is 12.3. The molecule has 1 aromatic rings. The van der Waals surface area contributed by atoms with Crippen molar-refractivity contribution in [2.75, 3.05) is 25.4 Å². The molecule has 6 heteroatoms. The predicted molar refractivity (Wildman–Crippen MR) is 63.7 cm³/mol. The minimum atomic E-state index is -0.0638. The van der Waals surface area contributed by atoms with Crippen LogP contribution in [0.15, 0.2) is 0 Å². The van der Waals surface area contributed by atoms with E-state index >= 15 is 0 Å². The number of anilines is 1. The molecule has 0 bridgehead atoms. The van der Waals surface area contributed by atoms with Crippen molar-refractivity contribution in [3.05, 3.63) is 11.3 Å². The van der Waals surface area contributed by atoms with Crippen molar-refractivity contribution in [2.24, 2.45) is 0 Å². The third-order valence-corrected chi connectivity index (χ3v) is 2.93. The van der Waals surface area contributed by atoms with Crippen molar-refractivity contribution in [2.45, 2.75) is 26.4 Å². The van der Waals surface area contributed by atoms with Crippen molar-refractivity contribution in [1.29, 1.82) is 0 Å². The van der Waals surface area contributed by atoms with E-state index in [2.05, 4.69) is 10.2 Å². The van der Waals surface area contributed by atoms with Gasteiger partial charge in [0.05, 0.1) is 6.10 Å². The topological polar surface area (TPSA) is 84.2 Å². The summed E-state index contributed by atoms with van der Waals surface area (Å²) in [5.41, 5.74) is 6.90. The molecule has 2 rings (SSSR count). The number of rotatable bonds is 1. The number of H-pyrrole nitrogens is 1. The van der Waals surface area contributed by atoms with E-state index in [1.54, 1.807) is 11.8 Å². The Morgan fingerprint density at radius 1 is 1.65 bits per heavy atom. The lowest BCUT2D eigenvalue weighted by Crippen LogP contribution is -2.36. The molecule has 1 aromatic heterocycles. The molecule has 0 saturated carbocycles. The molecule has 1 atom stereocenters. The molecule has 0 aliphatic carbocycles. The highest BCUT2D eigenvalue weighted by molar-refractivity contribution is 5.99. The molecular weight excluding hydrogens is 220 g/mol. The molecule has 1 saturated heterocycles. The lowest BCUT2D eigenvalue weighted by molar-refractivity contribution is 0.0563. The van der Waals surface area contributed by atoms with E-state index in [4.69, 9.17) is 10.5 Å². The fraction of sp³-hybridized carbons (Fsp3) is 0.636. The van der Waals surface area contributed by atoms with Gasteiger partial charge in [-0.2, -0.15) is 5.10 Å². The van der Waals surface area contributed by atoms with Gasteiger partial charge in [-0.3, -0.25) is 9.89 Å². The van der Waals surface area contributed by atoms with E-state index in [-0.39, 0.29) is 17.8 Å². The zero-order valence-corrected chi connectivity index (χ0v) is 10.2. The number of amides is 1. The monoisotopic (exact) mass is 238 g/mol. The Morgan fingerprint density at radius 2 is 2.41 bits per heavy atom. The average molecular weight is 238 g/mol. The maximum absolute atomic E-state index is 12.3. The van der Waals surface area contributed by atoms with Gasteiger partial charge < -0.3 is 15.4 Å². The van der Waals surface area contributed by atoms with Crippen LogP contribution >= 0.6 is 0 Å². The number of aromatic nitrogens is 2. The van der Waals surface area contributed by atoms with Gasteiger partial charge in [-0.15, -0.1) is 0 Å². The quantitative estimate of drug-likeness (QED) is 0.748. The molecule has 1 unspecified atom stereocenters. The molecule has 1 aliphatic heterocycles. The second-order valence-electron chi connectivity index (χ2n) is 4.39. The molecule has 0 spiro atoms. The number of carbonyl (C=O) groups is 1. The van der Waals surface area contributed by atoms with Crippen molar-refractivity contribution in [1.82, 2.24) is 15.1 Å². The fourth-order valence-electron chi connectivity index (χ4n) is 2.05. The Kier molecular flexibility index (Phi) is 3.33. The van der Waals surface area contributed by atoms with Gasteiger partial charge >= 0.3 is 0 Å². The molecule has 3 N–H and O–H groups in total. The SMILES string of the molecule is Cc1[nH]nc(N)c1C(=O)N1CCCOC(C)C1. The predicted octanol–water partition coefficient (Wildman–Crippen LogP) is 0.551. The lowest BCUT2D eigenvalue weighted by Gasteiger charge is -2.22. The number of nitrogens with one attached hydrogen (secondary N) is 1. The number of ether oxygens (including phenoxy) is 1. The summed E-state index contributed by atoms with van der Waals surface area (Å²) in [5.74, 6) is 0.205. The number of carbonyl (C=O) groups excluding carboxylic acids is 1. The van der Waals surface area contributed by atoms with Crippen molar-refractivity contribution in [3.63, 3.8) is 0 Å². The second kappa shape index (κ2) is 4.75. The molecule has 1 amide bonds. The zero-order chi connectivity index (χ0) is 12.4. The second-order valence-corrected chi connectivity index (χ2v) is 4.39. The van der Waals surface area contributed by atoms with Crippen molar-refractivity contribution in [3.8, 4) is 0 Å². The van der Waals surface area contributed by atoms with Gasteiger partial charge in [0.15, 0.2) is 5.82 Å². The number of nitrogens with two attached hydrogens (primary N) is 1. The van der Waals surface area contributed by atoms with Crippen LogP contribution in [0.1, 0.15) is 29.4 Å². The summed E-state index contributed by atoms with van der Waals surface area (Å²) >= 11 is 0. The number of nitrogens with zero attached hydrogens (tertiary/aromatic N) is 2. The van der Waals surface area contributed by atoms with Gasteiger partial charge in [0.2, 0.25) is 0 Å². The number of hydrogen-bond acceptors (Lipinski definition) is 4. The molecule has 0 aromatic carbocycles. The first kappa shape index (κ1) is 11.9. The first-order valence-electron chi connectivity index (χ1n) is 5.81. The van der Waals surface area contributed by atoms with Gasteiger partial charge in [-0.25, -0.2) is 0 Å². The summed E-state index contributed by atoms with van der Waals surface area (Å²) in [5, 5.41) is 6.58. The molecule has 1 aliphatic rings. The van der Waals surface area contributed by atoms with E-state index in [1.807, 2.05) is 6.92 Å². The van der Waals surface area contributed by atoms with Crippen LogP contribution in [0.3, 0.4) is 0 Å². The van der Waals surface area contributed by atoms with Gasteiger partial charge in [0.1, 0.15) is 5.56 Å². The molecule has 2 heterocycles. The Morgan fingerprint density at radius 3 is 3.06 bits per heavy atom. The minimum Gasteiger partial charge on any atom is -0.382 e.